The number of benzene rings is 2. The van der Waals surface area contributed by atoms with Crippen molar-refractivity contribution in [2.45, 2.75) is 25.7 Å². The van der Waals surface area contributed by atoms with Crippen LogP contribution in [0.5, 0.6) is 0 Å². The Hall–Kier alpha value is -3.91. The topological polar surface area (TPSA) is 87.2 Å². The molecule has 2 aliphatic heterocycles. The van der Waals surface area contributed by atoms with Crippen molar-refractivity contribution in [1.82, 2.24) is 0 Å². The van der Waals surface area contributed by atoms with Crippen LogP contribution in [0.2, 0.25) is 0 Å². The van der Waals surface area contributed by atoms with Crippen LogP contribution < -0.4 is 9.80 Å². The zero-order valence-electron chi connectivity index (χ0n) is 20.9. The number of ether oxygens (including phenoxy) is 1. The standard InChI is InChI=1S/C29H26ClFN2O5/c1-4-19(30)6-5-9-28(17(2)3)16-29(28)23-14-20(31)7-8-24(23)33(26(29)36)22-13-18(25(34)35)12-21(15-22)32-10-11-38-27(32)37/h4-9,12-15,17H,1,10-11,16H2,2-3H3,(H,34,35). The maximum Gasteiger partial charge on any atom is 0.414 e. The first-order chi connectivity index (χ1) is 18.1. The zero-order chi connectivity index (χ0) is 27.4. The first-order valence-corrected chi connectivity index (χ1v) is 12.6. The summed E-state index contributed by atoms with van der Waals surface area (Å²) in [7, 11) is 0. The van der Waals surface area contributed by atoms with Gasteiger partial charge in [-0.1, -0.05) is 50.3 Å². The highest BCUT2D eigenvalue weighted by molar-refractivity contribution is 6.31. The van der Waals surface area contributed by atoms with E-state index in [1.807, 2.05) is 19.9 Å². The molecule has 1 N–H and O–H groups in total. The van der Waals surface area contributed by atoms with Crippen LogP contribution in [0.1, 0.15) is 36.2 Å². The van der Waals surface area contributed by atoms with Gasteiger partial charge in [0, 0.05) is 10.4 Å². The number of anilines is 3. The molecule has 2 unspecified atom stereocenters. The predicted octanol–water partition coefficient (Wildman–Crippen LogP) is 6.31. The molecule has 1 saturated carbocycles. The van der Waals surface area contributed by atoms with Crippen LogP contribution in [0.15, 0.2) is 72.3 Å². The second-order valence-corrected chi connectivity index (χ2v) is 10.4. The van der Waals surface area contributed by atoms with E-state index >= 15 is 0 Å². The lowest BCUT2D eigenvalue weighted by molar-refractivity contribution is -0.120. The third kappa shape index (κ3) is 3.74. The van der Waals surface area contributed by atoms with Crippen LogP contribution in [0.25, 0.3) is 0 Å². The molecule has 9 heteroatoms. The van der Waals surface area contributed by atoms with Gasteiger partial charge < -0.3 is 9.84 Å². The Kier molecular flexibility index (Phi) is 6.18. The molecule has 5 rings (SSSR count). The number of aromatic carboxylic acids is 1. The lowest BCUT2D eigenvalue weighted by Crippen LogP contribution is -2.34. The number of carboxylic acids is 1. The van der Waals surface area contributed by atoms with Gasteiger partial charge in [-0.15, -0.1) is 0 Å². The molecule has 0 aromatic heterocycles. The molecule has 0 radical (unpaired) electrons. The largest absolute Gasteiger partial charge is 0.478 e. The number of allylic oxidation sites excluding steroid dienone is 5. The molecule has 2 amide bonds. The van der Waals surface area contributed by atoms with Crippen LogP contribution in [-0.2, 0) is 14.9 Å². The molecule has 2 aromatic rings. The Morgan fingerprint density at radius 3 is 2.58 bits per heavy atom. The predicted molar refractivity (Wildman–Crippen MR) is 142 cm³/mol. The minimum absolute atomic E-state index is 0.00922. The van der Waals surface area contributed by atoms with Crippen molar-refractivity contribution >= 4 is 46.6 Å². The van der Waals surface area contributed by atoms with E-state index in [9.17, 15) is 23.9 Å². The number of carbonyl (C=O) groups is 3. The number of rotatable bonds is 7. The van der Waals surface area contributed by atoms with Gasteiger partial charge in [-0.2, -0.15) is 0 Å². The average molecular weight is 537 g/mol. The monoisotopic (exact) mass is 536 g/mol. The fraction of sp³-hybridized carbons (Fsp3) is 0.276. The number of carboxylic acid groups (broad SMARTS) is 1. The molecule has 0 bridgehead atoms. The van der Waals surface area contributed by atoms with Crippen molar-refractivity contribution in [3.8, 4) is 0 Å². The summed E-state index contributed by atoms with van der Waals surface area (Å²) in [5.74, 6) is -1.96. The van der Waals surface area contributed by atoms with Crippen molar-refractivity contribution < 1.29 is 28.6 Å². The molecule has 3 aliphatic rings. The third-order valence-corrected chi connectivity index (χ3v) is 8.09. The summed E-state index contributed by atoms with van der Waals surface area (Å²) >= 11 is 6.08. The quantitative estimate of drug-likeness (QED) is 0.419. The lowest BCUT2D eigenvalue weighted by atomic mass is 9.79. The SMILES string of the molecule is C=CC(Cl)=CC=CC1(C(C)C)CC12C(=O)N(c1cc(C(=O)O)cc(N3CCOC3=O)c1)c1ccc(F)cc12. The van der Waals surface area contributed by atoms with E-state index in [4.69, 9.17) is 16.3 Å². The summed E-state index contributed by atoms with van der Waals surface area (Å²) in [4.78, 5) is 41.4. The minimum atomic E-state index is -1.21. The summed E-state index contributed by atoms with van der Waals surface area (Å²) in [6.07, 6.45) is 6.78. The zero-order valence-corrected chi connectivity index (χ0v) is 21.7. The van der Waals surface area contributed by atoms with Crippen molar-refractivity contribution in [3.05, 3.63) is 89.3 Å². The van der Waals surface area contributed by atoms with Gasteiger partial charge in [0.2, 0.25) is 5.91 Å². The normalized spacial score (nSPS) is 24.5. The minimum Gasteiger partial charge on any atom is -0.478 e. The summed E-state index contributed by atoms with van der Waals surface area (Å²) in [5, 5.41) is 10.2. The summed E-state index contributed by atoms with van der Waals surface area (Å²) < 4.78 is 19.6. The number of hydrogen-bond acceptors (Lipinski definition) is 4. The number of cyclic esters (lactones) is 1. The van der Waals surface area contributed by atoms with Gasteiger partial charge in [-0.3, -0.25) is 14.6 Å². The highest BCUT2D eigenvalue weighted by atomic mass is 35.5. The molecule has 1 aliphatic carbocycles. The first kappa shape index (κ1) is 25.7. The highest BCUT2D eigenvalue weighted by Gasteiger charge is 2.76. The lowest BCUT2D eigenvalue weighted by Gasteiger charge is -2.24. The summed E-state index contributed by atoms with van der Waals surface area (Å²) in [5.41, 5.74) is -0.165. The number of fused-ring (bicyclic) bond motifs is 2. The van der Waals surface area contributed by atoms with Gasteiger partial charge in [-0.25, -0.2) is 14.0 Å². The van der Waals surface area contributed by atoms with Crippen molar-refractivity contribution in [3.63, 3.8) is 0 Å². The van der Waals surface area contributed by atoms with Crippen LogP contribution >= 0.6 is 11.6 Å². The van der Waals surface area contributed by atoms with Gasteiger partial charge in [0.25, 0.3) is 0 Å². The second kappa shape index (κ2) is 9.13. The highest BCUT2D eigenvalue weighted by Crippen LogP contribution is 2.74. The molecule has 196 valence electrons. The molecule has 7 nitrogen and oxygen atoms in total. The Balaban J connectivity index is 1.67. The number of carbonyl (C=O) groups excluding carboxylic acids is 2. The maximum atomic E-state index is 14.6. The van der Waals surface area contributed by atoms with E-state index in [-0.39, 0.29) is 36.2 Å². The molecule has 2 heterocycles. The van der Waals surface area contributed by atoms with Crippen molar-refractivity contribution in [2.75, 3.05) is 23.0 Å². The van der Waals surface area contributed by atoms with Crippen LogP contribution in [0.3, 0.4) is 0 Å². The van der Waals surface area contributed by atoms with Crippen molar-refractivity contribution in [1.29, 1.82) is 0 Å². The van der Waals surface area contributed by atoms with Crippen LogP contribution in [0.4, 0.5) is 26.2 Å². The fourth-order valence-electron chi connectivity index (χ4n) is 5.83. The first-order valence-electron chi connectivity index (χ1n) is 12.2. The number of halogens is 2. The summed E-state index contributed by atoms with van der Waals surface area (Å²) in [6, 6.07) is 8.55. The Morgan fingerprint density at radius 1 is 1.21 bits per heavy atom. The average Bonchev–Trinajstić information content (AvgIpc) is 3.28. The molecule has 2 aromatic carbocycles. The van der Waals surface area contributed by atoms with E-state index in [0.29, 0.717) is 28.4 Å². The number of amides is 2. The molecular weight excluding hydrogens is 511 g/mol. The smallest absolute Gasteiger partial charge is 0.414 e. The Morgan fingerprint density at radius 2 is 1.95 bits per heavy atom. The van der Waals surface area contributed by atoms with E-state index in [0.717, 1.165) is 0 Å². The Bertz CT molecular complexity index is 1450. The van der Waals surface area contributed by atoms with E-state index in [2.05, 4.69) is 6.58 Å². The molecule has 2 atom stereocenters. The number of hydrogen-bond donors (Lipinski definition) is 1. The van der Waals surface area contributed by atoms with Gasteiger partial charge in [0.1, 0.15) is 12.4 Å². The van der Waals surface area contributed by atoms with Crippen LogP contribution in [-0.4, -0.2) is 36.2 Å². The molecular formula is C29H26ClFN2O5. The number of nitrogens with zero attached hydrogens (tertiary/aromatic N) is 2. The summed E-state index contributed by atoms with van der Waals surface area (Å²) in [6.45, 7) is 8.09. The maximum absolute atomic E-state index is 14.6. The molecule has 38 heavy (non-hydrogen) atoms. The van der Waals surface area contributed by atoms with Crippen molar-refractivity contribution in [2.24, 2.45) is 11.3 Å². The Labute approximate surface area is 224 Å². The van der Waals surface area contributed by atoms with Gasteiger partial charge in [0.15, 0.2) is 0 Å². The molecule has 2 fully saturated rings. The van der Waals surface area contributed by atoms with E-state index in [1.165, 1.54) is 46.2 Å². The van der Waals surface area contributed by atoms with E-state index in [1.54, 1.807) is 18.2 Å². The van der Waals surface area contributed by atoms with Crippen LogP contribution in [0, 0.1) is 17.2 Å². The second-order valence-electron chi connectivity index (χ2n) is 10.0. The third-order valence-electron chi connectivity index (χ3n) is 7.81. The fourth-order valence-corrected chi connectivity index (χ4v) is 5.91. The van der Waals surface area contributed by atoms with E-state index < -0.39 is 28.7 Å². The van der Waals surface area contributed by atoms with Gasteiger partial charge in [0.05, 0.1) is 34.6 Å². The van der Waals surface area contributed by atoms with Gasteiger partial charge in [-0.05, 0) is 60.4 Å². The molecule has 1 saturated heterocycles. The van der Waals surface area contributed by atoms with Gasteiger partial charge >= 0.3 is 12.1 Å². The molecule has 1 spiro atoms.